The number of sulfonamides is 1. The van der Waals surface area contributed by atoms with Crippen LogP contribution in [0.25, 0.3) is 0 Å². The van der Waals surface area contributed by atoms with E-state index in [4.69, 9.17) is 4.74 Å². The molecule has 0 spiro atoms. The summed E-state index contributed by atoms with van der Waals surface area (Å²) >= 11 is 0. The van der Waals surface area contributed by atoms with Crippen molar-refractivity contribution >= 4 is 27.3 Å². The maximum absolute atomic E-state index is 12.8. The van der Waals surface area contributed by atoms with E-state index in [0.717, 1.165) is 0 Å². The first-order chi connectivity index (χ1) is 14.2. The molecule has 0 unspecified atom stereocenters. The van der Waals surface area contributed by atoms with Crippen molar-refractivity contribution in [1.82, 2.24) is 0 Å². The average Bonchev–Trinajstić information content (AvgIpc) is 2.69. The number of aryl methyl sites for hydroxylation is 1. The molecule has 156 valence electrons. The van der Waals surface area contributed by atoms with Crippen LogP contribution in [0.3, 0.4) is 0 Å². The van der Waals surface area contributed by atoms with Gasteiger partial charge in [0.1, 0.15) is 5.75 Å². The van der Waals surface area contributed by atoms with Crippen LogP contribution in [0.4, 0.5) is 11.4 Å². The lowest BCUT2D eigenvalue weighted by Crippen LogP contribution is -2.17. The van der Waals surface area contributed by atoms with Crippen LogP contribution in [-0.2, 0) is 10.0 Å². The number of hydrogen-bond acceptors (Lipinski definition) is 4. The third-order valence-corrected chi connectivity index (χ3v) is 5.77. The van der Waals surface area contributed by atoms with E-state index >= 15 is 0 Å². The number of amides is 1. The van der Waals surface area contributed by atoms with E-state index in [-0.39, 0.29) is 16.6 Å². The molecule has 0 radical (unpaired) electrons. The Kier molecular flexibility index (Phi) is 6.42. The zero-order valence-corrected chi connectivity index (χ0v) is 17.9. The van der Waals surface area contributed by atoms with Crippen molar-refractivity contribution in [2.24, 2.45) is 0 Å². The monoisotopic (exact) mass is 424 g/mol. The van der Waals surface area contributed by atoms with E-state index in [9.17, 15) is 13.2 Å². The number of anilines is 2. The van der Waals surface area contributed by atoms with Crippen LogP contribution in [-0.4, -0.2) is 20.4 Å². The van der Waals surface area contributed by atoms with E-state index in [1.165, 1.54) is 6.07 Å². The highest BCUT2D eigenvalue weighted by atomic mass is 32.2. The number of carbonyl (C=O) groups is 1. The molecule has 0 heterocycles. The predicted octanol–water partition coefficient (Wildman–Crippen LogP) is 4.84. The third-order valence-electron chi connectivity index (χ3n) is 4.25. The normalized spacial score (nSPS) is 11.2. The zero-order valence-electron chi connectivity index (χ0n) is 17.0. The number of ether oxygens (including phenoxy) is 1. The fourth-order valence-corrected chi connectivity index (χ4v) is 4.17. The molecule has 0 saturated carbocycles. The number of hydrogen-bond donors (Lipinski definition) is 2. The van der Waals surface area contributed by atoms with Crippen LogP contribution in [0, 0.1) is 6.92 Å². The minimum atomic E-state index is -3.84. The van der Waals surface area contributed by atoms with E-state index in [1.54, 1.807) is 73.7 Å². The molecular formula is C23H24N2O4S. The molecule has 3 aromatic rings. The number of nitrogens with one attached hydrogen (secondary N) is 2. The number of para-hydroxylation sites is 1. The zero-order chi connectivity index (χ0) is 21.7. The fourth-order valence-electron chi connectivity index (χ4n) is 2.84. The summed E-state index contributed by atoms with van der Waals surface area (Å²) in [5.41, 5.74) is 1.83. The molecule has 0 saturated heterocycles. The average molecular weight is 425 g/mol. The van der Waals surface area contributed by atoms with Crippen molar-refractivity contribution < 1.29 is 17.9 Å². The fraction of sp³-hybridized carbons (Fsp3) is 0.174. The molecule has 30 heavy (non-hydrogen) atoms. The van der Waals surface area contributed by atoms with Crippen molar-refractivity contribution in [3.63, 3.8) is 0 Å². The van der Waals surface area contributed by atoms with Crippen molar-refractivity contribution in [3.05, 3.63) is 83.9 Å². The van der Waals surface area contributed by atoms with Gasteiger partial charge in [0.15, 0.2) is 0 Å². The lowest BCUT2D eigenvalue weighted by atomic mass is 10.1. The second-order valence-corrected chi connectivity index (χ2v) is 8.75. The van der Waals surface area contributed by atoms with Crippen LogP contribution in [0.15, 0.2) is 77.7 Å². The van der Waals surface area contributed by atoms with E-state index in [2.05, 4.69) is 10.0 Å². The highest BCUT2D eigenvalue weighted by Crippen LogP contribution is 2.22. The van der Waals surface area contributed by atoms with Gasteiger partial charge in [0, 0.05) is 16.9 Å². The van der Waals surface area contributed by atoms with Crippen molar-refractivity contribution in [1.29, 1.82) is 0 Å². The smallest absolute Gasteiger partial charge is 0.262 e. The molecule has 7 heteroatoms. The standard InChI is InChI=1S/C23H24N2O4S/c1-16(2)29-21-13-11-19(12-14-21)24-23(26)18-10-9-17(3)22(15-18)30(27,28)25-20-7-5-4-6-8-20/h4-16,25H,1-3H3,(H,24,26). The summed E-state index contributed by atoms with van der Waals surface area (Å²) in [7, 11) is -3.84. The summed E-state index contributed by atoms with van der Waals surface area (Å²) in [6, 6.07) is 20.2. The molecular weight excluding hydrogens is 400 g/mol. The summed E-state index contributed by atoms with van der Waals surface area (Å²) in [5, 5.41) is 2.78. The first kappa shape index (κ1) is 21.4. The Bertz CT molecular complexity index is 1130. The van der Waals surface area contributed by atoms with Gasteiger partial charge in [0.05, 0.1) is 11.0 Å². The molecule has 0 aromatic heterocycles. The molecule has 0 aliphatic carbocycles. The molecule has 0 aliphatic heterocycles. The van der Waals surface area contributed by atoms with Crippen LogP contribution < -0.4 is 14.8 Å². The molecule has 0 atom stereocenters. The van der Waals surface area contributed by atoms with Crippen LogP contribution >= 0.6 is 0 Å². The van der Waals surface area contributed by atoms with Crippen LogP contribution in [0.5, 0.6) is 5.75 Å². The van der Waals surface area contributed by atoms with Gasteiger partial charge in [-0.15, -0.1) is 0 Å². The maximum atomic E-state index is 12.8. The number of carbonyl (C=O) groups excluding carboxylic acids is 1. The highest BCUT2D eigenvalue weighted by molar-refractivity contribution is 7.92. The molecule has 1 amide bonds. The van der Waals surface area contributed by atoms with E-state index in [1.807, 2.05) is 13.8 Å². The van der Waals surface area contributed by atoms with Gasteiger partial charge < -0.3 is 10.1 Å². The van der Waals surface area contributed by atoms with E-state index in [0.29, 0.717) is 22.7 Å². The van der Waals surface area contributed by atoms with Crippen LogP contribution in [0.2, 0.25) is 0 Å². The third kappa shape index (κ3) is 5.39. The second-order valence-electron chi connectivity index (χ2n) is 7.10. The lowest BCUT2D eigenvalue weighted by Gasteiger charge is -2.13. The molecule has 0 fully saturated rings. The van der Waals surface area contributed by atoms with Gasteiger partial charge in [-0.1, -0.05) is 24.3 Å². The maximum Gasteiger partial charge on any atom is 0.262 e. The Morgan fingerprint density at radius 1 is 0.900 bits per heavy atom. The van der Waals surface area contributed by atoms with Crippen molar-refractivity contribution in [3.8, 4) is 5.75 Å². The van der Waals surface area contributed by atoms with Crippen LogP contribution in [0.1, 0.15) is 29.8 Å². The summed E-state index contributed by atoms with van der Waals surface area (Å²) in [6.07, 6.45) is 0.0582. The van der Waals surface area contributed by atoms with Gasteiger partial charge in [-0.2, -0.15) is 0 Å². The lowest BCUT2D eigenvalue weighted by molar-refractivity contribution is 0.102. The number of benzene rings is 3. The van der Waals surface area contributed by atoms with Gasteiger partial charge in [0.25, 0.3) is 15.9 Å². The Hall–Kier alpha value is -3.32. The van der Waals surface area contributed by atoms with Crippen molar-refractivity contribution in [2.45, 2.75) is 31.8 Å². The van der Waals surface area contributed by atoms with Gasteiger partial charge in [-0.25, -0.2) is 8.42 Å². The quantitative estimate of drug-likeness (QED) is 0.569. The summed E-state index contributed by atoms with van der Waals surface area (Å²) < 4.78 is 33.8. The molecule has 0 aliphatic rings. The highest BCUT2D eigenvalue weighted by Gasteiger charge is 2.19. The Morgan fingerprint density at radius 2 is 1.57 bits per heavy atom. The topological polar surface area (TPSA) is 84.5 Å². The number of rotatable bonds is 7. The summed E-state index contributed by atoms with van der Waals surface area (Å²) in [6.45, 7) is 5.56. The molecule has 0 bridgehead atoms. The first-order valence-electron chi connectivity index (χ1n) is 9.51. The Balaban J connectivity index is 1.79. The molecule has 6 nitrogen and oxygen atoms in total. The largest absolute Gasteiger partial charge is 0.491 e. The molecule has 2 N–H and O–H groups in total. The van der Waals surface area contributed by atoms with Gasteiger partial charge in [-0.3, -0.25) is 9.52 Å². The Morgan fingerprint density at radius 3 is 2.20 bits per heavy atom. The summed E-state index contributed by atoms with van der Waals surface area (Å²) in [4.78, 5) is 12.7. The molecule has 3 rings (SSSR count). The SMILES string of the molecule is Cc1ccc(C(=O)Nc2ccc(OC(C)C)cc2)cc1S(=O)(=O)Nc1ccccc1. The minimum Gasteiger partial charge on any atom is -0.491 e. The van der Waals surface area contributed by atoms with Crippen molar-refractivity contribution in [2.75, 3.05) is 10.0 Å². The minimum absolute atomic E-state index is 0.0553. The van der Waals surface area contributed by atoms with Gasteiger partial charge in [-0.05, 0) is 74.9 Å². The van der Waals surface area contributed by atoms with E-state index < -0.39 is 15.9 Å². The Labute approximate surface area is 177 Å². The van der Waals surface area contributed by atoms with Gasteiger partial charge in [0.2, 0.25) is 0 Å². The predicted molar refractivity (Wildman–Crippen MR) is 119 cm³/mol. The van der Waals surface area contributed by atoms with Gasteiger partial charge >= 0.3 is 0 Å². The molecule has 3 aromatic carbocycles. The second kappa shape index (κ2) is 9.00. The first-order valence-corrected chi connectivity index (χ1v) is 11.0. The summed E-state index contributed by atoms with van der Waals surface area (Å²) in [5.74, 6) is 0.308.